The SMILES string of the molecule is CSC1(CN)CCN(c2ncc(I)cn2)CC1. The predicted molar refractivity (Wildman–Crippen MR) is 81.5 cm³/mol. The standard InChI is InChI=1S/C11H17IN4S/c1-17-11(8-13)2-4-16(5-3-11)10-14-6-9(12)7-15-10/h6-7H,2-5,8,13H2,1H3. The molecule has 1 aliphatic rings. The van der Waals surface area contributed by atoms with Crippen LogP contribution in [0.3, 0.4) is 0 Å². The molecule has 1 fully saturated rings. The minimum Gasteiger partial charge on any atom is -0.341 e. The summed E-state index contributed by atoms with van der Waals surface area (Å²) in [4.78, 5) is 11.0. The highest BCUT2D eigenvalue weighted by molar-refractivity contribution is 14.1. The van der Waals surface area contributed by atoms with E-state index in [1.54, 1.807) is 0 Å². The number of hydrogen-bond donors (Lipinski definition) is 1. The Bertz CT molecular complexity index is 356. The van der Waals surface area contributed by atoms with Crippen LogP contribution in [-0.4, -0.2) is 40.6 Å². The van der Waals surface area contributed by atoms with E-state index in [4.69, 9.17) is 5.73 Å². The van der Waals surface area contributed by atoms with Crippen LogP contribution in [-0.2, 0) is 0 Å². The molecule has 0 aliphatic carbocycles. The Hall–Kier alpha value is -0.0800. The smallest absolute Gasteiger partial charge is 0.225 e. The number of anilines is 1. The predicted octanol–water partition coefficient (Wildman–Crippen LogP) is 1.74. The maximum Gasteiger partial charge on any atom is 0.225 e. The number of halogens is 1. The van der Waals surface area contributed by atoms with E-state index in [1.165, 1.54) is 0 Å². The molecule has 1 aliphatic heterocycles. The first-order valence-electron chi connectivity index (χ1n) is 5.67. The topological polar surface area (TPSA) is 55.0 Å². The van der Waals surface area contributed by atoms with Crippen LogP contribution in [0.15, 0.2) is 12.4 Å². The number of nitrogens with two attached hydrogens (primary N) is 1. The van der Waals surface area contributed by atoms with Gasteiger partial charge in [-0.25, -0.2) is 9.97 Å². The summed E-state index contributed by atoms with van der Waals surface area (Å²) >= 11 is 4.12. The van der Waals surface area contributed by atoms with Crippen LogP contribution in [0.5, 0.6) is 0 Å². The fourth-order valence-electron chi connectivity index (χ4n) is 2.07. The van der Waals surface area contributed by atoms with Gasteiger partial charge < -0.3 is 10.6 Å². The van der Waals surface area contributed by atoms with Gasteiger partial charge in [-0.2, -0.15) is 11.8 Å². The van der Waals surface area contributed by atoms with E-state index >= 15 is 0 Å². The highest BCUT2D eigenvalue weighted by atomic mass is 127. The minimum absolute atomic E-state index is 0.264. The van der Waals surface area contributed by atoms with E-state index in [9.17, 15) is 0 Å². The lowest BCUT2D eigenvalue weighted by atomic mass is 9.96. The summed E-state index contributed by atoms with van der Waals surface area (Å²) in [6.45, 7) is 2.76. The van der Waals surface area contributed by atoms with Gasteiger partial charge in [-0.3, -0.25) is 0 Å². The Kier molecular flexibility index (Phi) is 4.48. The minimum atomic E-state index is 0.264. The molecule has 2 N–H and O–H groups in total. The van der Waals surface area contributed by atoms with Gasteiger partial charge in [0.05, 0.1) is 0 Å². The molecule has 0 atom stereocenters. The van der Waals surface area contributed by atoms with E-state index in [2.05, 4.69) is 43.7 Å². The van der Waals surface area contributed by atoms with Crippen LogP contribution < -0.4 is 10.6 Å². The first-order valence-corrected chi connectivity index (χ1v) is 7.97. The number of thioether (sulfide) groups is 1. The maximum atomic E-state index is 5.88. The van der Waals surface area contributed by atoms with Gasteiger partial charge in [0.15, 0.2) is 0 Å². The Labute approximate surface area is 120 Å². The lowest BCUT2D eigenvalue weighted by Crippen LogP contribution is -2.47. The van der Waals surface area contributed by atoms with E-state index < -0.39 is 0 Å². The van der Waals surface area contributed by atoms with Gasteiger partial charge in [-0.15, -0.1) is 0 Å². The molecular weight excluding hydrogens is 347 g/mol. The van der Waals surface area contributed by atoms with Gasteiger partial charge in [-0.1, -0.05) is 0 Å². The molecule has 0 spiro atoms. The van der Waals surface area contributed by atoms with Crippen molar-refractivity contribution in [2.45, 2.75) is 17.6 Å². The molecule has 0 aromatic carbocycles. The number of piperidine rings is 1. The van der Waals surface area contributed by atoms with Crippen LogP contribution in [0, 0.1) is 3.57 Å². The molecule has 0 unspecified atom stereocenters. The van der Waals surface area contributed by atoms with Crippen molar-refractivity contribution < 1.29 is 0 Å². The van der Waals surface area contributed by atoms with Gasteiger partial charge in [0.2, 0.25) is 5.95 Å². The summed E-state index contributed by atoms with van der Waals surface area (Å²) in [6.07, 6.45) is 8.11. The second kappa shape index (κ2) is 5.71. The second-order valence-electron chi connectivity index (χ2n) is 4.28. The van der Waals surface area contributed by atoms with Crippen molar-refractivity contribution in [2.24, 2.45) is 5.73 Å². The molecule has 94 valence electrons. The van der Waals surface area contributed by atoms with Crippen LogP contribution in [0.25, 0.3) is 0 Å². The monoisotopic (exact) mass is 364 g/mol. The maximum absolute atomic E-state index is 5.88. The quantitative estimate of drug-likeness (QED) is 0.829. The molecule has 2 heterocycles. The molecular formula is C11H17IN4S. The molecule has 1 aromatic rings. The fraction of sp³-hybridized carbons (Fsp3) is 0.636. The van der Waals surface area contributed by atoms with E-state index in [1.807, 2.05) is 24.2 Å². The van der Waals surface area contributed by atoms with Gasteiger partial charge >= 0.3 is 0 Å². The average Bonchev–Trinajstić information content (AvgIpc) is 2.40. The first-order chi connectivity index (χ1) is 8.19. The number of nitrogens with zero attached hydrogens (tertiary/aromatic N) is 3. The van der Waals surface area contributed by atoms with Crippen LogP contribution in [0.4, 0.5) is 5.95 Å². The average molecular weight is 364 g/mol. The summed E-state index contributed by atoms with van der Waals surface area (Å²) in [7, 11) is 0. The van der Waals surface area contributed by atoms with Crippen molar-refractivity contribution in [3.63, 3.8) is 0 Å². The van der Waals surface area contributed by atoms with E-state index in [-0.39, 0.29) is 4.75 Å². The fourth-order valence-corrected chi connectivity index (χ4v) is 3.11. The lowest BCUT2D eigenvalue weighted by Gasteiger charge is -2.40. The van der Waals surface area contributed by atoms with Gasteiger partial charge in [0, 0.05) is 40.3 Å². The van der Waals surface area contributed by atoms with Crippen molar-refractivity contribution in [2.75, 3.05) is 30.8 Å². The molecule has 0 saturated carbocycles. The Morgan fingerprint density at radius 1 is 1.41 bits per heavy atom. The molecule has 4 nitrogen and oxygen atoms in total. The van der Waals surface area contributed by atoms with Crippen molar-refractivity contribution in [3.05, 3.63) is 16.0 Å². The molecule has 6 heteroatoms. The van der Waals surface area contributed by atoms with Crippen LogP contribution in [0.1, 0.15) is 12.8 Å². The first kappa shape index (κ1) is 13.4. The normalized spacial score (nSPS) is 19.4. The Balaban J connectivity index is 2.01. The third-order valence-corrected chi connectivity index (χ3v) is 5.37. The highest BCUT2D eigenvalue weighted by Gasteiger charge is 2.33. The molecule has 1 aromatic heterocycles. The summed E-state index contributed by atoms with van der Waals surface area (Å²) in [5.41, 5.74) is 5.88. The molecule has 2 rings (SSSR count). The molecule has 1 saturated heterocycles. The van der Waals surface area contributed by atoms with Crippen molar-refractivity contribution >= 4 is 40.3 Å². The third kappa shape index (κ3) is 3.03. The zero-order valence-corrected chi connectivity index (χ0v) is 12.9. The van der Waals surface area contributed by atoms with Crippen molar-refractivity contribution in [1.29, 1.82) is 0 Å². The highest BCUT2D eigenvalue weighted by Crippen LogP contribution is 2.34. The summed E-state index contributed by atoms with van der Waals surface area (Å²) in [5, 5.41) is 0. The van der Waals surface area contributed by atoms with Crippen molar-refractivity contribution in [1.82, 2.24) is 9.97 Å². The number of rotatable bonds is 3. The summed E-state index contributed by atoms with van der Waals surface area (Å²) in [5.74, 6) is 0.845. The van der Waals surface area contributed by atoms with Gasteiger partial charge in [-0.05, 0) is 41.7 Å². The lowest BCUT2D eigenvalue weighted by molar-refractivity contribution is 0.453. The Morgan fingerprint density at radius 2 is 2.00 bits per heavy atom. The number of hydrogen-bond acceptors (Lipinski definition) is 5. The number of aromatic nitrogens is 2. The molecule has 17 heavy (non-hydrogen) atoms. The molecule has 0 bridgehead atoms. The van der Waals surface area contributed by atoms with Crippen LogP contribution in [0.2, 0.25) is 0 Å². The summed E-state index contributed by atoms with van der Waals surface area (Å²) < 4.78 is 1.34. The second-order valence-corrected chi connectivity index (χ2v) is 6.80. The largest absolute Gasteiger partial charge is 0.341 e. The third-order valence-electron chi connectivity index (χ3n) is 3.37. The van der Waals surface area contributed by atoms with E-state index in [0.29, 0.717) is 0 Å². The van der Waals surface area contributed by atoms with Crippen molar-refractivity contribution in [3.8, 4) is 0 Å². The van der Waals surface area contributed by atoms with Crippen LogP contribution >= 0.6 is 34.4 Å². The molecule has 0 amide bonds. The van der Waals surface area contributed by atoms with Gasteiger partial charge in [0.25, 0.3) is 0 Å². The molecule has 0 radical (unpaired) electrons. The Morgan fingerprint density at radius 3 is 2.47 bits per heavy atom. The van der Waals surface area contributed by atoms with Gasteiger partial charge in [0.1, 0.15) is 0 Å². The zero-order chi connectivity index (χ0) is 12.3. The summed E-state index contributed by atoms with van der Waals surface area (Å²) in [6, 6.07) is 0. The zero-order valence-electron chi connectivity index (χ0n) is 9.90. The van der Waals surface area contributed by atoms with E-state index in [0.717, 1.165) is 42.0 Å².